The topological polar surface area (TPSA) is 322 Å². The van der Waals surface area contributed by atoms with E-state index in [1.807, 2.05) is 13.8 Å². The van der Waals surface area contributed by atoms with Gasteiger partial charge in [0.2, 0.25) is 23.7 Å². The van der Waals surface area contributed by atoms with Gasteiger partial charge in [0.25, 0.3) is 10.0 Å². The van der Waals surface area contributed by atoms with E-state index in [0.29, 0.717) is 45.3 Å². The van der Waals surface area contributed by atoms with Crippen LogP contribution in [0.5, 0.6) is 5.75 Å². The molecule has 21 nitrogen and oxygen atoms in total. The first-order valence-electron chi connectivity index (χ1n) is 23.0. The third-order valence-corrected chi connectivity index (χ3v) is 12.9. The molecule has 3 amide bonds. The van der Waals surface area contributed by atoms with Crippen LogP contribution < -0.4 is 36.9 Å². The molecule has 0 unspecified atom stereocenters. The molecule has 1 aromatic heterocycles. The molecular formula is C48H70N8O13S. The summed E-state index contributed by atoms with van der Waals surface area (Å²) < 4.78 is 48.2. The molecule has 22 heteroatoms. The van der Waals surface area contributed by atoms with Crippen LogP contribution in [0.15, 0.2) is 40.4 Å². The van der Waals surface area contributed by atoms with Gasteiger partial charge in [0.05, 0.1) is 22.6 Å². The van der Waals surface area contributed by atoms with Crippen molar-refractivity contribution in [2.45, 2.75) is 174 Å². The number of carboxylic acid groups (broad SMARTS) is 1. The van der Waals surface area contributed by atoms with Gasteiger partial charge >= 0.3 is 18.0 Å². The second kappa shape index (κ2) is 22.2. The van der Waals surface area contributed by atoms with E-state index in [-0.39, 0.29) is 43.5 Å². The van der Waals surface area contributed by atoms with Gasteiger partial charge in [0.15, 0.2) is 6.04 Å². The van der Waals surface area contributed by atoms with Gasteiger partial charge in [-0.15, -0.1) is 0 Å². The van der Waals surface area contributed by atoms with Crippen LogP contribution in [0.1, 0.15) is 116 Å². The summed E-state index contributed by atoms with van der Waals surface area (Å²) in [7, 11) is -4.26. The molecule has 0 aliphatic carbocycles. The highest BCUT2D eigenvalue weighted by Crippen LogP contribution is 2.43. The van der Waals surface area contributed by atoms with E-state index >= 15 is 0 Å². The molecule has 2 heterocycles. The lowest BCUT2D eigenvalue weighted by Crippen LogP contribution is -2.58. The second-order valence-electron chi connectivity index (χ2n) is 20.2. The number of hydrogen-bond acceptors (Lipinski definition) is 14. The molecule has 3 aromatic rings. The first-order chi connectivity index (χ1) is 32.2. The number of ether oxygens (including phenoxy) is 3. The first kappa shape index (κ1) is 56.3. The van der Waals surface area contributed by atoms with Crippen LogP contribution in [0, 0.1) is 20.8 Å². The van der Waals surface area contributed by atoms with E-state index in [9.17, 15) is 47.4 Å². The number of carbonyl (C=O) groups excluding carboxylic acids is 5. The van der Waals surface area contributed by atoms with Crippen LogP contribution >= 0.6 is 0 Å². The Balaban J connectivity index is 1.57. The molecule has 0 fully saturated rings. The number of benzene rings is 2. The van der Waals surface area contributed by atoms with Gasteiger partial charge < -0.3 is 51.8 Å². The van der Waals surface area contributed by atoms with Crippen LogP contribution in [-0.4, -0.2) is 119 Å². The number of sulfonamides is 1. The highest BCUT2D eigenvalue weighted by Gasteiger charge is 2.37. The number of hydrogen-bond donors (Lipinski definition) is 8. The van der Waals surface area contributed by atoms with Crippen molar-refractivity contribution in [1.29, 1.82) is 0 Å². The molecule has 0 saturated carbocycles. The summed E-state index contributed by atoms with van der Waals surface area (Å²) >= 11 is 0. The lowest BCUT2D eigenvalue weighted by Gasteiger charge is -2.26. The maximum atomic E-state index is 14.2. The van der Waals surface area contributed by atoms with Gasteiger partial charge in [-0.2, -0.15) is 0 Å². The number of para-hydroxylation sites is 1. The fraction of sp³-hybridized carbons (Fsp3) is 0.562. The van der Waals surface area contributed by atoms with E-state index < -0.39 is 98.8 Å². The minimum atomic E-state index is -4.26. The minimum absolute atomic E-state index is 0.0354. The van der Waals surface area contributed by atoms with E-state index in [2.05, 4.69) is 25.7 Å². The molecule has 386 valence electrons. The maximum Gasteiger partial charge on any atom is 0.419 e. The third-order valence-electron chi connectivity index (χ3n) is 11.3. The van der Waals surface area contributed by atoms with Crippen LogP contribution in [0.2, 0.25) is 0 Å². The van der Waals surface area contributed by atoms with Gasteiger partial charge in [-0.1, -0.05) is 18.2 Å². The zero-order chi connectivity index (χ0) is 52.8. The third kappa shape index (κ3) is 14.9. The Hall–Kier alpha value is -6.26. The van der Waals surface area contributed by atoms with Crippen molar-refractivity contribution < 1.29 is 61.6 Å². The van der Waals surface area contributed by atoms with Crippen molar-refractivity contribution in [3.8, 4) is 5.75 Å². The van der Waals surface area contributed by atoms with Crippen molar-refractivity contribution in [3.63, 3.8) is 0 Å². The van der Waals surface area contributed by atoms with Crippen molar-refractivity contribution >= 4 is 62.6 Å². The van der Waals surface area contributed by atoms with E-state index in [0.717, 1.165) is 12.5 Å². The van der Waals surface area contributed by atoms with Gasteiger partial charge in [0.1, 0.15) is 34.6 Å². The monoisotopic (exact) mass is 998 g/mol. The highest BCUT2D eigenvalue weighted by molar-refractivity contribution is 7.90. The first-order valence-corrected chi connectivity index (χ1v) is 24.5. The Bertz CT molecular complexity index is 2630. The largest absolute Gasteiger partial charge is 0.487 e. The molecule has 1 aliphatic rings. The zero-order valence-corrected chi connectivity index (χ0v) is 42.9. The number of aliphatic hydroxyl groups excluding tert-OH is 1. The quantitative estimate of drug-likeness (QED) is 0.0370. The number of guanidine groups is 1. The van der Waals surface area contributed by atoms with E-state index in [4.69, 9.17) is 25.7 Å². The normalized spacial score (nSPS) is 15.9. The summed E-state index contributed by atoms with van der Waals surface area (Å²) in [5.41, 5.74) is 13.7. The summed E-state index contributed by atoms with van der Waals surface area (Å²) in [6.45, 7) is 20.0. The average molecular weight is 999 g/mol. The number of carbonyl (C=O) groups is 6. The summed E-state index contributed by atoms with van der Waals surface area (Å²) in [6.07, 6.45) is -1.28. The van der Waals surface area contributed by atoms with Crippen LogP contribution in [-0.2, 0) is 56.3 Å². The molecule has 1 aliphatic heterocycles. The van der Waals surface area contributed by atoms with E-state index in [1.54, 1.807) is 86.6 Å². The number of esters is 1. The Morgan fingerprint density at radius 3 is 2.07 bits per heavy atom. The maximum absolute atomic E-state index is 14.2. The molecule has 10 N–H and O–H groups in total. The second-order valence-corrected chi connectivity index (χ2v) is 21.8. The molecule has 0 saturated heterocycles. The number of amides is 3. The van der Waals surface area contributed by atoms with Crippen LogP contribution in [0.4, 0.5) is 4.79 Å². The SMILES string of the molecule is Cc1c(C)c(S(=O)(=O)NC(N)=NCCC[C@H](NC(=O)[C@H](CCC(=O)OC(C)(C)C)NC(=O)[C@@H](N)Cc2cn(C(=O)OC(C)(C)C)c3ccccc23)C(=O)N[C@H](C(=O)O)[C@@H](C)O)c(C)c2c1OC(C)(C)C2. The van der Waals surface area contributed by atoms with Gasteiger partial charge in [0, 0.05) is 36.5 Å². The summed E-state index contributed by atoms with van der Waals surface area (Å²) in [5.74, 6) is -4.90. The fourth-order valence-corrected chi connectivity index (χ4v) is 9.48. The Labute approximate surface area is 408 Å². The van der Waals surface area contributed by atoms with Crippen LogP contribution in [0.3, 0.4) is 0 Å². The molecule has 4 rings (SSSR count). The highest BCUT2D eigenvalue weighted by atomic mass is 32.2. The summed E-state index contributed by atoms with van der Waals surface area (Å²) in [4.78, 5) is 83.8. The van der Waals surface area contributed by atoms with E-state index in [1.165, 1.54) is 10.8 Å². The number of fused-ring (bicyclic) bond motifs is 2. The lowest BCUT2D eigenvalue weighted by atomic mass is 9.94. The molecule has 70 heavy (non-hydrogen) atoms. The number of nitrogens with two attached hydrogens (primary N) is 2. The Morgan fingerprint density at radius 2 is 1.47 bits per heavy atom. The van der Waals surface area contributed by atoms with Crippen molar-refractivity contribution in [3.05, 3.63) is 58.3 Å². The molecule has 0 bridgehead atoms. The number of rotatable bonds is 19. The lowest BCUT2D eigenvalue weighted by molar-refractivity contribution is -0.155. The Morgan fingerprint density at radius 1 is 0.886 bits per heavy atom. The van der Waals surface area contributed by atoms with Gasteiger partial charge in [-0.25, -0.2) is 22.7 Å². The predicted octanol–water partition coefficient (Wildman–Crippen LogP) is 3.05. The van der Waals surface area contributed by atoms with Crippen LogP contribution in [0.25, 0.3) is 10.9 Å². The van der Waals surface area contributed by atoms with Gasteiger partial charge in [-0.05, 0) is 137 Å². The standard InChI is InChI=1S/C48H70N8O13S/c1-25-26(2)39(27(3)31-23-48(11,12)68-38(25)31)70(65,66)55-44(50)51-21-15-17-33(42(61)54-37(28(4)57)43(62)63)53-41(60)34(19-20-36(58)67-46(5,6)7)52-40(59)32(49)22-29-24-56(45(64)69-47(8,9)10)35-18-14-13-16-30(29)35/h13-14,16,18,24,28,32-34,37,57H,15,17,19-23,49H2,1-12H3,(H,52,59)(H,53,60)(H,54,61)(H,62,63)(H3,50,51,55)/t28-,32+,33+,34+,37+/m1/s1. The average Bonchev–Trinajstić information content (AvgIpc) is 3.76. The smallest absolute Gasteiger partial charge is 0.419 e. The minimum Gasteiger partial charge on any atom is -0.487 e. The molecule has 2 aromatic carbocycles. The number of aliphatic hydroxyl groups is 1. The zero-order valence-electron chi connectivity index (χ0n) is 42.1. The predicted molar refractivity (Wildman–Crippen MR) is 261 cm³/mol. The number of aliphatic carboxylic acids is 1. The molecule has 5 atom stereocenters. The van der Waals surface area contributed by atoms with Crippen molar-refractivity contribution in [2.75, 3.05) is 6.54 Å². The summed E-state index contributed by atoms with van der Waals surface area (Å²) in [6, 6.07) is 0.802. The number of carboxylic acids is 1. The van der Waals surface area contributed by atoms with Crippen molar-refractivity contribution in [2.24, 2.45) is 16.5 Å². The number of nitrogens with zero attached hydrogens (tertiary/aromatic N) is 2. The number of nitrogens with one attached hydrogen (secondary N) is 4. The molecular weight excluding hydrogens is 929 g/mol. The molecule has 0 spiro atoms. The Kier molecular flexibility index (Phi) is 17.9. The summed E-state index contributed by atoms with van der Waals surface area (Å²) in [5, 5.41) is 27.8. The molecule has 0 radical (unpaired) electrons. The van der Waals surface area contributed by atoms with Crippen molar-refractivity contribution in [1.82, 2.24) is 25.2 Å². The van der Waals surface area contributed by atoms with Gasteiger partial charge in [-0.3, -0.25) is 28.7 Å². The fourth-order valence-electron chi connectivity index (χ4n) is 7.95. The number of aromatic nitrogens is 1. The number of aliphatic imine (C=N–C) groups is 1.